The molecule has 2 nitrogen and oxygen atoms in total. The molecule has 3 aromatic rings. The number of carbonyl (C=O) groups is 1. The number of carbonyl (C=O) groups excluding carboxylic acids is 1. The molecule has 0 bridgehead atoms. The third-order valence-electron chi connectivity index (χ3n) is 8.38. The highest BCUT2D eigenvalue weighted by molar-refractivity contribution is 8.30. The molecule has 0 fully saturated rings. The Hall–Kier alpha value is -4.41. The second-order valence-corrected chi connectivity index (χ2v) is 14.9. The van der Waals surface area contributed by atoms with Gasteiger partial charge in [-0.3, -0.25) is 0 Å². The lowest BCUT2D eigenvalue weighted by atomic mass is 9.84. The van der Waals surface area contributed by atoms with E-state index in [0.29, 0.717) is 0 Å². The van der Waals surface area contributed by atoms with Gasteiger partial charge in [0.2, 0.25) is 0 Å². The molecular weight excluding hydrogens is 961 g/mol. The smallest absolute Gasteiger partial charge is 0.397 e. The number of rotatable bonds is 16. The van der Waals surface area contributed by atoms with Gasteiger partial charge >= 0.3 is 83.2 Å². The van der Waals surface area contributed by atoms with Crippen LogP contribution in [0.3, 0.4) is 0 Å². The van der Waals surface area contributed by atoms with E-state index in [1.807, 2.05) is 0 Å². The summed E-state index contributed by atoms with van der Waals surface area (Å²) in [5.41, 5.74) is 0. The van der Waals surface area contributed by atoms with Crippen LogP contribution in [0.25, 0.3) is 0 Å². The maximum atomic E-state index is 15.3. The van der Waals surface area contributed by atoms with E-state index in [1.54, 1.807) is 0 Å². The molecular formula is C32H15F27O2S. The summed E-state index contributed by atoms with van der Waals surface area (Å²) in [6, 6.07) is 14.9. The highest BCUT2D eigenvalue weighted by Gasteiger charge is 3.00. The first-order valence-electron chi connectivity index (χ1n) is 15.3. The molecule has 0 saturated heterocycles. The Morgan fingerprint density at radius 3 is 0.710 bits per heavy atom. The van der Waals surface area contributed by atoms with Crippen molar-refractivity contribution in [1.29, 1.82) is 0 Å². The van der Waals surface area contributed by atoms with Crippen molar-refractivity contribution >= 4 is 16.3 Å². The lowest BCUT2D eigenvalue weighted by Crippen LogP contribution is -2.79. The predicted octanol–water partition coefficient (Wildman–Crippen LogP) is 13.6. The van der Waals surface area contributed by atoms with Crippen molar-refractivity contribution in [2.75, 3.05) is 0 Å². The second kappa shape index (κ2) is 15.1. The minimum absolute atomic E-state index is 0.543. The summed E-state index contributed by atoms with van der Waals surface area (Å²) in [5.74, 6) is -116. The maximum absolute atomic E-state index is 15.3. The fraction of sp³-hybridized carbons (Fsp3) is 0.406. The average molecular weight is 976 g/mol. The van der Waals surface area contributed by atoms with Crippen LogP contribution in [0.4, 0.5) is 119 Å². The minimum Gasteiger partial charge on any atom is -0.397 e. The fourth-order valence-electron chi connectivity index (χ4n) is 4.83. The first-order chi connectivity index (χ1) is 27.4. The highest BCUT2D eigenvalue weighted by Crippen LogP contribution is 2.72. The van der Waals surface area contributed by atoms with Crippen LogP contribution in [0.5, 0.6) is 0 Å². The van der Waals surface area contributed by atoms with E-state index < -0.39 is 108 Å². The SMILES string of the molecule is O=C(OS(c1ccccc1)(c1ccccc1)c1ccccc1)C(F)(F)C(F)(F)C(F)(F)C(F)(F)C(F)(F)C(F)(F)C(F)(F)C(F)(F)C(F)(F)C(F)(F)C(F)(F)C(F)(F)C(F)(F)F. The Labute approximate surface area is 327 Å². The van der Waals surface area contributed by atoms with Crippen molar-refractivity contribution in [2.24, 2.45) is 0 Å². The molecule has 0 unspecified atom stereocenters. The maximum Gasteiger partial charge on any atom is 0.460 e. The van der Waals surface area contributed by atoms with Crippen molar-refractivity contribution in [1.82, 2.24) is 0 Å². The van der Waals surface area contributed by atoms with Gasteiger partial charge < -0.3 is 4.18 Å². The van der Waals surface area contributed by atoms with Gasteiger partial charge in [0.15, 0.2) is 0 Å². The summed E-state index contributed by atoms with van der Waals surface area (Å²) in [7, 11) is -4.44. The summed E-state index contributed by atoms with van der Waals surface area (Å²) in [5, 5.41) is 0. The van der Waals surface area contributed by atoms with E-state index >= 15 is 8.78 Å². The van der Waals surface area contributed by atoms with Gasteiger partial charge in [-0.2, -0.15) is 119 Å². The molecule has 0 aliphatic carbocycles. The monoisotopic (exact) mass is 976 g/mol. The van der Waals surface area contributed by atoms with Gasteiger partial charge in [-0.15, -0.1) is 0 Å². The molecule has 0 aliphatic heterocycles. The summed E-state index contributed by atoms with van der Waals surface area (Å²) in [4.78, 5) is 11.2. The Bertz CT molecular complexity index is 1950. The van der Waals surface area contributed by atoms with Crippen LogP contribution in [0.15, 0.2) is 106 Å². The largest absolute Gasteiger partial charge is 0.460 e. The number of halogens is 27. The Balaban J connectivity index is 2.22. The van der Waals surface area contributed by atoms with E-state index in [-0.39, 0.29) is 0 Å². The molecule has 3 aromatic carbocycles. The molecule has 62 heavy (non-hydrogen) atoms. The number of hydrogen-bond donors (Lipinski definition) is 0. The molecule has 0 spiro atoms. The molecule has 0 radical (unpaired) electrons. The zero-order valence-electron chi connectivity index (χ0n) is 28.6. The summed E-state index contributed by atoms with van der Waals surface area (Å²) in [6.45, 7) is 0. The molecule has 350 valence electrons. The van der Waals surface area contributed by atoms with Crippen LogP contribution < -0.4 is 0 Å². The summed E-state index contributed by atoms with van der Waals surface area (Å²) >= 11 is 0. The van der Waals surface area contributed by atoms with E-state index in [2.05, 4.69) is 4.18 Å². The van der Waals surface area contributed by atoms with Crippen LogP contribution in [0, 0.1) is 0 Å². The van der Waals surface area contributed by atoms with Crippen molar-refractivity contribution in [3.05, 3.63) is 91.0 Å². The molecule has 0 saturated carbocycles. The average Bonchev–Trinajstić information content (AvgIpc) is 3.16. The van der Waals surface area contributed by atoms with Crippen molar-refractivity contribution in [2.45, 2.75) is 91.9 Å². The quantitative estimate of drug-likeness (QED) is 0.134. The van der Waals surface area contributed by atoms with Gasteiger partial charge in [-0.05, 0) is 46.7 Å². The van der Waals surface area contributed by atoms with Crippen molar-refractivity contribution in [3.8, 4) is 0 Å². The van der Waals surface area contributed by atoms with Gasteiger partial charge in [0.25, 0.3) is 0 Å². The Morgan fingerprint density at radius 1 is 0.306 bits per heavy atom. The van der Waals surface area contributed by atoms with Gasteiger partial charge in [0.1, 0.15) is 0 Å². The van der Waals surface area contributed by atoms with Crippen LogP contribution in [-0.2, 0) is 8.98 Å². The van der Waals surface area contributed by atoms with Gasteiger partial charge in [-0.25, -0.2) is 4.79 Å². The second-order valence-electron chi connectivity index (χ2n) is 12.3. The minimum atomic E-state index is -9.90. The van der Waals surface area contributed by atoms with Crippen molar-refractivity contribution in [3.63, 3.8) is 0 Å². The molecule has 0 amide bonds. The lowest BCUT2D eigenvalue weighted by Gasteiger charge is -2.46. The molecule has 0 aromatic heterocycles. The van der Waals surface area contributed by atoms with Gasteiger partial charge in [0.05, 0.1) is 0 Å². The zero-order valence-corrected chi connectivity index (χ0v) is 29.4. The first kappa shape index (κ1) is 51.9. The van der Waals surface area contributed by atoms with Crippen LogP contribution >= 0.6 is 10.3 Å². The van der Waals surface area contributed by atoms with Gasteiger partial charge in [-0.1, -0.05) is 54.6 Å². The molecule has 3 rings (SSSR count). The number of hydrogen-bond acceptors (Lipinski definition) is 2. The first-order valence-corrected chi connectivity index (χ1v) is 16.8. The standard InChI is InChI=1S/C32H15F27O2S/c33-20(34,19(60)61-62(16-10-4-1-5-11-16,17-12-6-2-7-13-17)18-14-8-3-9-15-18)21(35,36)22(37,38)23(39,40)24(41,42)25(43,44)26(45,46)27(47,48)28(49,50)29(51,52)30(53,54)31(55,56)32(57,58)59/h1-15H. The Morgan fingerprint density at radius 2 is 0.500 bits per heavy atom. The lowest BCUT2D eigenvalue weighted by molar-refractivity contribution is -0.484. The van der Waals surface area contributed by atoms with Gasteiger partial charge in [0, 0.05) is 14.7 Å². The Kier molecular flexibility index (Phi) is 12.7. The van der Waals surface area contributed by atoms with Crippen molar-refractivity contribution < 1.29 is 128 Å². The number of benzene rings is 3. The third kappa shape index (κ3) is 6.76. The van der Waals surface area contributed by atoms with Crippen LogP contribution in [0.2, 0.25) is 0 Å². The predicted molar refractivity (Wildman–Crippen MR) is 153 cm³/mol. The van der Waals surface area contributed by atoms with E-state index in [0.717, 1.165) is 72.8 Å². The normalized spacial score (nSPS) is 15.7. The molecule has 0 N–H and O–H groups in total. The molecule has 0 atom stereocenters. The highest BCUT2D eigenvalue weighted by atomic mass is 32.3. The van der Waals surface area contributed by atoms with E-state index in [4.69, 9.17) is 0 Å². The third-order valence-corrected chi connectivity index (χ3v) is 11.6. The van der Waals surface area contributed by atoms with Crippen LogP contribution in [0.1, 0.15) is 0 Å². The fourth-order valence-corrected chi connectivity index (χ4v) is 7.89. The number of alkyl halides is 27. The molecule has 30 heteroatoms. The van der Waals surface area contributed by atoms with E-state index in [1.165, 1.54) is 18.2 Å². The molecule has 0 aliphatic rings. The zero-order chi connectivity index (χ0) is 48.6. The van der Waals surface area contributed by atoms with E-state index in [9.17, 15) is 115 Å². The molecule has 0 heterocycles. The topological polar surface area (TPSA) is 26.3 Å². The summed E-state index contributed by atoms with van der Waals surface area (Å²) < 4.78 is 383. The van der Waals surface area contributed by atoms with Crippen LogP contribution in [-0.4, -0.2) is 83.2 Å². The summed E-state index contributed by atoms with van der Waals surface area (Å²) in [6.07, 6.45) is -8.29.